The smallest absolute Gasteiger partial charge is 0.384 e. The molecule has 0 radical (unpaired) electrons. The summed E-state index contributed by atoms with van der Waals surface area (Å²) in [6.45, 7) is 4.20. The highest BCUT2D eigenvalue weighted by atomic mass is 16.5. The SMILES string of the molecule is CCOC(=O)C#Cc1ccc(C(C)n2ccnc2)cc1. The van der Waals surface area contributed by atoms with Crippen LogP contribution in [-0.2, 0) is 9.53 Å². The Hall–Kier alpha value is -2.54. The molecular weight excluding hydrogens is 252 g/mol. The van der Waals surface area contributed by atoms with Crippen molar-refractivity contribution < 1.29 is 9.53 Å². The summed E-state index contributed by atoms with van der Waals surface area (Å²) < 4.78 is 6.78. The Kier molecular flexibility index (Phi) is 4.56. The van der Waals surface area contributed by atoms with E-state index in [1.165, 1.54) is 0 Å². The summed E-state index contributed by atoms with van der Waals surface area (Å²) in [6, 6.07) is 8.01. The summed E-state index contributed by atoms with van der Waals surface area (Å²) in [5.74, 6) is 4.74. The minimum absolute atomic E-state index is 0.213. The van der Waals surface area contributed by atoms with E-state index in [1.54, 1.807) is 19.4 Å². The molecule has 0 saturated heterocycles. The number of hydrogen-bond acceptors (Lipinski definition) is 3. The monoisotopic (exact) mass is 268 g/mol. The van der Waals surface area contributed by atoms with Crippen molar-refractivity contribution in [3.05, 3.63) is 54.1 Å². The minimum Gasteiger partial charge on any atom is -0.456 e. The van der Waals surface area contributed by atoms with E-state index in [-0.39, 0.29) is 6.04 Å². The summed E-state index contributed by atoms with van der Waals surface area (Å²) in [5.41, 5.74) is 1.95. The number of rotatable bonds is 3. The number of ether oxygens (including phenoxy) is 1. The van der Waals surface area contributed by atoms with Crippen LogP contribution in [0.1, 0.15) is 31.0 Å². The molecule has 0 N–H and O–H groups in total. The highest BCUT2D eigenvalue weighted by Crippen LogP contribution is 2.17. The van der Waals surface area contributed by atoms with Crippen LogP contribution in [0.25, 0.3) is 0 Å². The van der Waals surface area contributed by atoms with Crippen molar-refractivity contribution in [2.24, 2.45) is 0 Å². The molecule has 0 fully saturated rings. The maximum atomic E-state index is 11.1. The van der Waals surface area contributed by atoms with Crippen LogP contribution in [0.4, 0.5) is 0 Å². The van der Waals surface area contributed by atoms with Crippen molar-refractivity contribution in [1.82, 2.24) is 9.55 Å². The Morgan fingerprint density at radius 2 is 2.15 bits per heavy atom. The second-order valence-corrected chi connectivity index (χ2v) is 4.28. The van der Waals surface area contributed by atoms with E-state index in [1.807, 2.05) is 35.0 Å². The third-order valence-electron chi connectivity index (χ3n) is 2.95. The van der Waals surface area contributed by atoms with Crippen LogP contribution in [-0.4, -0.2) is 22.1 Å². The summed E-state index contributed by atoms with van der Waals surface area (Å²) in [5, 5.41) is 0. The van der Waals surface area contributed by atoms with E-state index in [2.05, 4.69) is 23.7 Å². The van der Waals surface area contributed by atoms with Gasteiger partial charge in [-0.3, -0.25) is 0 Å². The van der Waals surface area contributed by atoms with Gasteiger partial charge < -0.3 is 9.30 Å². The number of carbonyl (C=O) groups excluding carboxylic acids is 1. The highest BCUT2D eigenvalue weighted by Gasteiger charge is 2.06. The predicted octanol–water partition coefficient (Wildman–Crippen LogP) is 2.41. The molecule has 1 heterocycles. The van der Waals surface area contributed by atoms with E-state index >= 15 is 0 Å². The van der Waals surface area contributed by atoms with Crippen LogP contribution in [0.5, 0.6) is 0 Å². The predicted molar refractivity (Wildman–Crippen MR) is 76.0 cm³/mol. The topological polar surface area (TPSA) is 44.1 Å². The molecule has 0 aliphatic heterocycles. The second kappa shape index (κ2) is 6.58. The average molecular weight is 268 g/mol. The van der Waals surface area contributed by atoms with E-state index < -0.39 is 5.97 Å². The first-order valence-corrected chi connectivity index (χ1v) is 6.47. The highest BCUT2D eigenvalue weighted by molar-refractivity contribution is 5.89. The summed E-state index contributed by atoms with van der Waals surface area (Å²) in [6.07, 6.45) is 5.48. The molecule has 0 bridgehead atoms. The van der Waals surface area contributed by atoms with Crippen LogP contribution in [0.3, 0.4) is 0 Å². The maximum Gasteiger partial charge on any atom is 0.384 e. The zero-order chi connectivity index (χ0) is 14.4. The van der Waals surface area contributed by atoms with Crippen molar-refractivity contribution in [3.8, 4) is 11.8 Å². The molecule has 1 aromatic carbocycles. The van der Waals surface area contributed by atoms with Gasteiger partial charge in [-0.1, -0.05) is 18.1 Å². The molecule has 2 rings (SSSR count). The first-order chi connectivity index (χ1) is 9.70. The molecule has 1 unspecified atom stereocenters. The van der Waals surface area contributed by atoms with E-state index in [0.717, 1.165) is 11.1 Å². The minimum atomic E-state index is -0.497. The molecule has 0 aliphatic rings. The molecule has 20 heavy (non-hydrogen) atoms. The van der Waals surface area contributed by atoms with Crippen molar-refractivity contribution in [2.75, 3.05) is 6.61 Å². The van der Waals surface area contributed by atoms with Gasteiger partial charge in [-0.25, -0.2) is 9.78 Å². The van der Waals surface area contributed by atoms with Crippen molar-refractivity contribution in [3.63, 3.8) is 0 Å². The molecule has 1 atom stereocenters. The fraction of sp³-hybridized carbons (Fsp3) is 0.250. The largest absolute Gasteiger partial charge is 0.456 e. The van der Waals surface area contributed by atoms with E-state index in [4.69, 9.17) is 4.74 Å². The lowest BCUT2D eigenvalue weighted by molar-refractivity contribution is -0.136. The molecule has 102 valence electrons. The van der Waals surface area contributed by atoms with Gasteiger partial charge in [0.2, 0.25) is 0 Å². The molecule has 4 heteroatoms. The Morgan fingerprint density at radius 1 is 1.40 bits per heavy atom. The summed E-state index contributed by atoms with van der Waals surface area (Å²) in [4.78, 5) is 15.2. The van der Waals surface area contributed by atoms with E-state index in [0.29, 0.717) is 6.61 Å². The van der Waals surface area contributed by atoms with Crippen molar-refractivity contribution in [1.29, 1.82) is 0 Å². The van der Waals surface area contributed by atoms with Gasteiger partial charge in [-0.15, -0.1) is 0 Å². The molecule has 2 aromatic rings. The van der Waals surface area contributed by atoms with Gasteiger partial charge in [-0.2, -0.15) is 0 Å². The van der Waals surface area contributed by atoms with Gasteiger partial charge in [0.1, 0.15) is 0 Å². The number of benzene rings is 1. The van der Waals surface area contributed by atoms with Gasteiger partial charge >= 0.3 is 5.97 Å². The fourth-order valence-electron chi connectivity index (χ4n) is 1.81. The van der Waals surface area contributed by atoms with Crippen LogP contribution >= 0.6 is 0 Å². The van der Waals surface area contributed by atoms with Crippen molar-refractivity contribution >= 4 is 5.97 Å². The first-order valence-electron chi connectivity index (χ1n) is 6.47. The normalized spacial score (nSPS) is 11.3. The molecule has 0 amide bonds. The molecule has 0 spiro atoms. The number of nitrogens with zero attached hydrogens (tertiary/aromatic N) is 2. The molecule has 0 saturated carbocycles. The third kappa shape index (κ3) is 3.48. The molecule has 1 aromatic heterocycles. The lowest BCUT2D eigenvalue weighted by Gasteiger charge is -2.13. The average Bonchev–Trinajstić information content (AvgIpc) is 2.99. The number of carbonyl (C=O) groups is 1. The quantitative estimate of drug-likeness (QED) is 0.634. The maximum absolute atomic E-state index is 11.1. The number of aromatic nitrogens is 2. The van der Waals surface area contributed by atoms with Crippen LogP contribution in [0.2, 0.25) is 0 Å². The molecule has 0 aliphatic carbocycles. The van der Waals surface area contributed by atoms with Crippen molar-refractivity contribution in [2.45, 2.75) is 19.9 Å². The second-order valence-electron chi connectivity index (χ2n) is 4.28. The Labute approximate surface area is 118 Å². The third-order valence-corrected chi connectivity index (χ3v) is 2.95. The Balaban J connectivity index is 2.08. The van der Waals surface area contributed by atoms with Gasteiger partial charge in [0.15, 0.2) is 0 Å². The Bertz CT molecular complexity index is 619. The van der Waals surface area contributed by atoms with Gasteiger partial charge in [-0.05, 0) is 31.5 Å². The zero-order valence-electron chi connectivity index (χ0n) is 11.5. The van der Waals surface area contributed by atoms with E-state index in [9.17, 15) is 4.79 Å². The number of imidazole rings is 1. The summed E-state index contributed by atoms with van der Waals surface area (Å²) in [7, 11) is 0. The number of esters is 1. The lowest BCUT2D eigenvalue weighted by Crippen LogP contribution is -2.04. The fourth-order valence-corrected chi connectivity index (χ4v) is 1.81. The van der Waals surface area contributed by atoms with Gasteiger partial charge in [0, 0.05) is 23.9 Å². The lowest BCUT2D eigenvalue weighted by atomic mass is 10.1. The van der Waals surface area contributed by atoms with Crippen LogP contribution in [0.15, 0.2) is 43.0 Å². The summed E-state index contributed by atoms with van der Waals surface area (Å²) >= 11 is 0. The Morgan fingerprint density at radius 3 is 2.75 bits per heavy atom. The van der Waals surface area contributed by atoms with Crippen LogP contribution < -0.4 is 0 Å². The molecular formula is C16H16N2O2. The first kappa shape index (κ1) is 13.9. The standard InChI is InChI=1S/C16H16N2O2/c1-3-20-16(19)9-6-14-4-7-15(8-5-14)13(2)18-11-10-17-12-18/h4-5,7-8,10-13H,3H2,1-2H3. The van der Waals surface area contributed by atoms with Gasteiger partial charge in [0.25, 0.3) is 0 Å². The van der Waals surface area contributed by atoms with Gasteiger partial charge in [0.05, 0.1) is 19.0 Å². The van der Waals surface area contributed by atoms with Crippen LogP contribution in [0, 0.1) is 11.8 Å². The number of hydrogen-bond donors (Lipinski definition) is 0. The molecule has 4 nitrogen and oxygen atoms in total. The zero-order valence-corrected chi connectivity index (χ0v) is 11.5.